The SMILES string of the molecule is CN(CCC#N)C(=O)CN1CCC[C@H]1CO. The van der Waals surface area contributed by atoms with Crippen LogP contribution in [-0.4, -0.2) is 60.1 Å². The van der Waals surface area contributed by atoms with Crippen molar-refractivity contribution in [1.82, 2.24) is 9.80 Å². The van der Waals surface area contributed by atoms with Crippen molar-refractivity contribution in [2.24, 2.45) is 0 Å². The molecular formula is C11H19N3O2. The highest BCUT2D eigenvalue weighted by Gasteiger charge is 2.26. The predicted molar refractivity (Wildman–Crippen MR) is 59.5 cm³/mol. The molecule has 16 heavy (non-hydrogen) atoms. The summed E-state index contributed by atoms with van der Waals surface area (Å²) in [4.78, 5) is 15.4. The lowest BCUT2D eigenvalue weighted by molar-refractivity contribution is -0.131. The van der Waals surface area contributed by atoms with Crippen molar-refractivity contribution in [1.29, 1.82) is 5.26 Å². The maximum atomic E-state index is 11.8. The van der Waals surface area contributed by atoms with Gasteiger partial charge in [-0.1, -0.05) is 0 Å². The van der Waals surface area contributed by atoms with Crippen LogP contribution >= 0.6 is 0 Å². The summed E-state index contributed by atoms with van der Waals surface area (Å²) in [6, 6.07) is 2.15. The van der Waals surface area contributed by atoms with Gasteiger partial charge < -0.3 is 10.0 Å². The molecule has 90 valence electrons. The van der Waals surface area contributed by atoms with Crippen molar-refractivity contribution in [2.75, 3.05) is 33.3 Å². The molecule has 1 aliphatic heterocycles. The smallest absolute Gasteiger partial charge is 0.236 e. The fourth-order valence-electron chi connectivity index (χ4n) is 1.95. The second-order valence-corrected chi connectivity index (χ2v) is 4.17. The number of nitrogens with zero attached hydrogens (tertiary/aromatic N) is 3. The summed E-state index contributed by atoms with van der Waals surface area (Å²) >= 11 is 0. The molecule has 1 heterocycles. The van der Waals surface area contributed by atoms with Gasteiger partial charge in [-0.15, -0.1) is 0 Å². The zero-order chi connectivity index (χ0) is 12.0. The van der Waals surface area contributed by atoms with Crippen molar-refractivity contribution < 1.29 is 9.90 Å². The molecule has 0 aliphatic carbocycles. The number of amides is 1. The van der Waals surface area contributed by atoms with Gasteiger partial charge in [0, 0.05) is 19.6 Å². The highest BCUT2D eigenvalue weighted by molar-refractivity contribution is 5.78. The highest BCUT2D eigenvalue weighted by atomic mass is 16.3. The van der Waals surface area contributed by atoms with Crippen LogP contribution in [0, 0.1) is 11.3 Å². The summed E-state index contributed by atoms with van der Waals surface area (Å²) in [5, 5.41) is 17.5. The third-order valence-corrected chi connectivity index (χ3v) is 3.03. The molecule has 0 bridgehead atoms. The van der Waals surface area contributed by atoms with Gasteiger partial charge in [-0.25, -0.2) is 0 Å². The van der Waals surface area contributed by atoms with Crippen molar-refractivity contribution in [2.45, 2.75) is 25.3 Å². The third-order valence-electron chi connectivity index (χ3n) is 3.03. The number of carbonyl (C=O) groups is 1. The molecule has 0 aromatic heterocycles. The molecule has 5 nitrogen and oxygen atoms in total. The molecule has 0 aromatic carbocycles. The lowest BCUT2D eigenvalue weighted by atomic mass is 10.2. The van der Waals surface area contributed by atoms with E-state index in [0.717, 1.165) is 19.4 Å². The summed E-state index contributed by atoms with van der Waals surface area (Å²) < 4.78 is 0. The van der Waals surface area contributed by atoms with Crippen molar-refractivity contribution in [3.63, 3.8) is 0 Å². The minimum Gasteiger partial charge on any atom is -0.395 e. The summed E-state index contributed by atoms with van der Waals surface area (Å²) in [6.45, 7) is 1.83. The van der Waals surface area contributed by atoms with Crippen molar-refractivity contribution >= 4 is 5.91 Å². The third kappa shape index (κ3) is 3.47. The largest absolute Gasteiger partial charge is 0.395 e. The van der Waals surface area contributed by atoms with Crippen LogP contribution in [0.4, 0.5) is 0 Å². The van der Waals surface area contributed by atoms with Crippen LogP contribution < -0.4 is 0 Å². The quantitative estimate of drug-likeness (QED) is 0.704. The van der Waals surface area contributed by atoms with Gasteiger partial charge in [0.1, 0.15) is 0 Å². The lowest BCUT2D eigenvalue weighted by Gasteiger charge is -2.24. The molecule has 1 saturated heterocycles. The number of hydrogen-bond acceptors (Lipinski definition) is 4. The number of aliphatic hydroxyl groups excluding tert-OH is 1. The van der Waals surface area contributed by atoms with E-state index < -0.39 is 0 Å². The topological polar surface area (TPSA) is 67.6 Å². The highest BCUT2D eigenvalue weighted by Crippen LogP contribution is 2.16. The minimum atomic E-state index is 0.0237. The Morgan fingerprint density at radius 2 is 2.44 bits per heavy atom. The fourth-order valence-corrected chi connectivity index (χ4v) is 1.95. The maximum absolute atomic E-state index is 11.8. The maximum Gasteiger partial charge on any atom is 0.236 e. The zero-order valence-corrected chi connectivity index (χ0v) is 9.72. The van der Waals surface area contributed by atoms with Gasteiger partial charge >= 0.3 is 0 Å². The molecule has 1 N–H and O–H groups in total. The molecule has 1 fully saturated rings. The van der Waals surface area contributed by atoms with E-state index in [1.54, 1.807) is 11.9 Å². The summed E-state index contributed by atoms with van der Waals surface area (Å²) in [6.07, 6.45) is 2.37. The number of nitriles is 1. The van der Waals surface area contributed by atoms with Gasteiger partial charge in [0.15, 0.2) is 0 Å². The Kier molecular flexibility index (Phi) is 5.23. The van der Waals surface area contributed by atoms with Gasteiger partial charge in [-0.2, -0.15) is 5.26 Å². The Morgan fingerprint density at radius 3 is 3.06 bits per heavy atom. The van der Waals surface area contributed by atoms with E-state index >= 15 is 0 Å². The average molecular weight is 225 g/mol. The lowest BCUT2D eigenvalue weighted by Crippen LogP contribution is -2.42. The van der Waals surface area contributed by atoms with E-state index in [1.807, 2.05) is 11.0 Å². The first-order chi connectivity index (χ1) is 7.69. The van der Waals surface area contributed by atoms with E-state index in [1.165, 1.54) is 0 Å². The van der Waals surface area contributed by atoms with Crippen LogP contribution in [0.15, 0.2) is 0 Å². The summed E-state index contributed by atoms with van der Waals surface area (Å²) in [7, 11) is 1.71. The van der Waals surface area contributed by atoms with Crippen LogP contribution in [0.3, 0.4) is 0 Å². The van der Waals surface area contributed by atoms with Crippen molar-refractivity contribution in [3.8, 4) is 6.07 Å². The van der Waals surface area contributed by atoms with E-state index in [0.29, 0.717) is 19.5 Å². The first kappa shape index (κ1) is 12.9. The van der Waals surface area contributed by atoms with Gasteiger partial charge in [-0.3, -0.25) is 9.69 Å². The second-order valence-electron chi connectivity index (χ2n) is 4.17. The van der Waals surface area contributed by atoms with Crippen LogP contribution in [0.2, 0.25) is 0 Å². The fraction of sp³-hybridized carbons (Fsp3) is 0.818. The van der Waals surface area contributed by atoms with Gasteiger partial charge in [0.2, 0.25) is 5.91 Å². The summed E-state index contributed by atoms with van der Waals surface area (Å²) in [5.74, 6) is 0.0237. The number of likely N-dealkylation sites (N-methyl/N-ethyl adjacent to an activating group) is 1. The molecule has 0 spiro atoms. The molecule has 1 atom stereocenters. The monoisotopic (exact) mass is 225 g/mol. The Labute approximate surface area is 96.3 Å². The van der Waals surface area contributed by atoms with E-state index in [9.17, 15) is 4.79 Å². The van der Waals surface area contributed by atoms with E-state index in [4.69, 9.17) is 10.4 Å². The van der Waals surface area contributed by atoms with Crippen LogP contribution in [0.1, 0.15) is 19.3 Å². The molecule has 1 rings (SSSR count). The predicted octanol–water partition coefficient (Wildman–Crippen LogP) is -0.185. The van der Waals surface area contributed by atoms with Crippen LogP contribution in [0.5, 0.6) is 0 Å². The standard InChI is InChI=1S/C11H19N3O2/c1-13(6-3-5-12)11(16)8-14-7-2-4-10(14)9-15/h10,15H,2-4,6-9H2,1H3/t10-/m0/s1. The minimum absolute atomic E-state index is 0.0237. The Balaban J connectivity index is 2.35. The Bertz CT molecular complexity index is 275. The zero-order valence-electron chi connectivity index (χ0n) is 9.72. The molecule has 5 heteroatoms. The first-order valence-corrected chi connectivity index (χ1v) is 5.65. The summed E-state index contributed by atoms with van der Waals surface area (Å²) in [5.41, 5.74) is 0. The Hall–Kier alpha value is -1.12. The number of likely N-dealkylation sites (tertiary alicyclic amines) is 1. The molecule has 0 unspecified atom stereocenters. The van der Waals surface area contributed by atoms with Crippen LogP contribution in [0.25, 0.3) is 0 Å². The molecule has 1 amide bonds. The van der Waals surface area contributed by atoms with Gasteiger partial charge in [0.05, 0.1) is 25.6 Å². The molecule has 1 aliphatic rings. The second kappa shape index (κ2) is 6.46. The molecule has 0 saturated carbocycles. The average Bonchev–Trinajstić information content (AvgIpc) is 2.72. The van der Waals surface area contributed by atoms with Gasteiger partial charge in [-0.05, 0) is 19.4 Å². The first-order valence-electron chi connectivity index (χ1n) is 5.65. The number of aliphatic hydroxyl groups is 1. The van der Waals surface area contributed by atoms with E-state index in [2.05, 4.69) is 0 Å². The molecule has 0 radical (unpaired) electrons. The number of rotatable bonds is 5. The number of carbonyl (C=O) groups excluding carboxylic acids is 1. The Morgan fingerprint density at radius 1 is 1.69 bits per heavy atom. The van der Waals surface area contributed by atoms with Gasteiger partial charge in [0.25, 0.3) is 0 Å². The molecular weight excluding hydrogens is 206 g/mol. The normalized spacial score (nSPS) is 20.7. The molecule has 0 aromatic rings. The van der Waals surface area contributed by atoms with E-state index in [-0.39, 0.29) is 18.6 Å². The van der Waals surface area contributed by atoms with Crippen molar-refractivity contribution in [3.05, 3.63) is 0 Å². The number of hydrogen-bond donors (Lipinski definition) is 1. The van der Waals surface area contributed by atoms with Crippen LogP contribution in [-0.2, 0) is 4.79 Å².